The summed E-state index contributed by atoms with van der Waals surface area (Å²) in [4.78, 5) is 4.88. The van der Waals surface area contributed by atoms with Crippen molar-refractivity contribution >= 4 is 43.5 Å². The molecule has 2 aromatic heterocycles. The van der Waals surface area contributed by atoms with Crippen molar-refractivity contribution in [1.82, 2.24) is 4.98 Å². The van der Waals surface area contributed by atoms with Gasteiger partial charge in [-0.3, -0.25) is 4.72 Å². The highest BCUT2D eigenvalue weighted by atomic mass is 32.2. The van der Waals surface area contributed by atoms with E-state index in [0.29, 0.717) is 10.8 Å². The van der Waals surface area contributed by atoms with Crippen molar-refractivity contribution in [3.63, 3.8) is 0 Å². The molecule has 0 aliphatic heterocycles. The molecule has 0 bridgehead atoms. The molecule has 0 radical (unpaired) electrons. The lowest BCUT2D eigenvalue weighted by atomic mass is 10.6. The molecule has 5 nitrogen and oxygen atoms in total. The van der Waals surface area contributed by atoms with E-state index in [1.807, 2.05) is 6.92 Å². The molecule has 2 heterocycles. The number of sulfonamides is 1. The zero-order valence-electron chi connectivity index (χ0n) is 8.30. The first-order chi connectivity index (χ1) is 7.47. The van der Waals surface area contributed by atoms with E-state index in [2.05, 4.69) is 9.71 Å². The largest absolute Gasteiger partial charge is 0.398 e. The molecule has 3 N–H and O–H groups in total. The van der Waals surface area contributed by atoms with Crippen molar-refractivity contribution in [2.75, 3.05) is 10.5 Å². The maximum Gasteiger partial charge on any atom is 0.273 e. The summed E-state index contributed by atoms with van der Waals surface area (Å²) in [5, 5.41) is 1.95. The Kier molecular flexibility index (Phi) is 2.87. The zero-order valence-corrected chi connectivity index (χ0v) is 10.7. The highest BCUT2D eigenvalue weighted by Crippen LogP contribution is 2.25. The molecule has 2 aromatic rings. The number of anilines is 2. The SMILES string of the molecule is Cc1cnc(NS(=O)(=O)c2cc(N)cs2)s1. The molecular weight excluding hydrogens is 266 g/mol. The molecule has 0 aromatic carbocycles. The van der Waals surface area contributed by atoms with Crippen molar-refractivity contribution in [3.8, 4) is 0 Å². The van der Waals surface area contributed by atoms with Crippen LogP contribution in [0.4, 0.5) is 10.8 Å². The molecule has 0 saturated carbocycles. The van der Waals surface area contributed by atoms with E-state index in [0.717, 1.165) is 16.2 Å². The van der Waals surface area contributed by atoms with Gasteiger partial charge in [-0.15, -0.1) is 22.7 Å². The van der Waals surface area contributed by atoms with Crippen molar-refractivity contribution in [1.29, 1.82) is 0 Å². The summed E-state index contributed by atoms with van der Waals surface area (Å²) in [5.74, 6) is 0. The fraction of sp³-hybridized carbons (Fsp3) is 0.125. The van der Waals surface area contributed by atoms with Crippen LogP contribution in [0.3, 0.4) is 0 Å². The van der Waals surface area contributed by atoms with Gasteiger partial charge in [0.15, 0.2) is 5.13 Å². The van der Waals surface area contributed by atoms with Crippen molar-refractivity contribution in [3.05, 3.63) is 22.5 Å². The predicted octanol–water partition coefficient (Wildman–Crippen LogP) is 1.90. The van der Waals surface area contributed by atoms with Crippen LogP contribution in [-0.2, 0) is 10.0 Å². The molecule has 0 aliphatic carbocycles. The van der Waals surface area contributed by atoms with Gasteiger partial charge in [-0.25, -0.2) is 13.4 Å². The monoisotopic (exact) mass is 275 g/mol. The van der Waals surface area contributed by atoms with Gasteiger partial charge in [0.05, 0.1) is 0 Å². The summed E-state index contributed by atoms with van der Waals surface area (Å²) in [6.45, 7) is 1.86. The molecule has 0 unspecified atom stereocenters. The molecule has 0 fully saturated rings. The normalized spacial score (nSPS) is 11.6. The van der Waals surface area contributed by atoms with Gasteiger partial charge in [-0.1, -0.05) is 0 Å². The van der Waals surface area contributed by atoms with Crippen molar-refractivity contribution < 1.29 is 8.42 Å². The van der Waals surface area contributed by atoms with E-state index in [1.165, 1.54) is 17.4 Å². The zero-order chi connectivity index (χ0) is 11.8. The molecule has 16 heavy (non-hydrogen) atoms. The van der Waals surface area contributed by atoms with Crippen LogP contribution in [0.15, 0.2) is 21.9 Å². The van der Waals surface area contributed by atoms with Gasteiger partial charge in [-0.05, 0) is 13.0 Å². The fourth-order valence-corrected chi connectivity index (χ4v) is 4.02. The maximum atomic E-state index is 11.8. The Balaban J connectivity index is 2.27. The smallest absolute Gasteiger partial charge is 0.273 e. The Morgan fingerprint density at radius 3 is 2.75 bits per heavy atom. The van der Waals surface area contributed by atoms with Crippen LogP contribution >= 0.6 is 22.7 Å². The molecule has 8 heteroatoms. The number of hydrogen-bond acceptors (Lipinski definition) is 6. The summed E-state index contributed by atoms with van der Waals surface area (Å²) in [5.41, 5.74) is 5.92. The van der Waals surface area contributed by atoms with Crippen molar-refractivity contribution in [2.45, 2.75) is 11.1 Å². The van der Waals surface area contributed by atoms with Crippen LogP contribution < -0.4 is 10.5 Å². The Bertz CT molecular complexity index is 600. The third-order valence-electron chi connectivity index (χ3n) is 1.70. The number of thiazole rings is 1. The topological polar surface area (TPSA) is 85.1 Å². The van der Waals surface area contributed by atoms with Crippen LogP contribution in [0.2, 0.25) is 0 Å². The highest BCUT2D eigenvalue weighted by Gasteiger charge is 2.17. The van der Waals surface area contributed by atoms with Gasteiger partial charge in [0.1, 0.15) is 4.21 Å². The number of nitrogen functional groups attached to an aromatic ring is 1. The minimum absolute atomic E-state index is 0.192. The van der Waals surface area contributed by atoms with E-state index >= 15 is 0 Å². The van der Waals surface area contributed by atoms with Crippen LogP contribution in [0.25, 0.3) is 0 Å². The molecule has 0 amide bonds. The third-order valence-corrected chi connectivity index (χ3v) is 5.46. The number of nitrogens with two attached hydrogens (primary N) is 1. The predicted molar refractivity (Wildman–Crippen MR) is 66.4 cm³/mol. The molecule has 0 aliphatic rings. The molecule has 2 rings (SSSR count). The van der Waals surface area contributed by atoms with Gasteiger partial charge in [0.25, 0.3) is 10.0 Å². The van der Waals surface area contributed by atoms with E-state index < -0.39 is 10.0 Å². The van der Waals surface area contributed by atoms with E-state index in [-0.39, 0.29) is 4.21 Å². The number of aryl methyl sites for hydroxylation is 1. The number of aromatic nitrogens is 1. The second-order valence-corrected chi connectivity index (χ2v) is 7.14. The van der Waals surface area contributed by atoms with Gasteiger partial charge in [0.2, 0.25) is 0 Å². The first kappa shape index (κ1) is 11.4. The Morgan fingerprint density at radius 1 is 1.50 bits per heavy atom. The van der Waals surface area contributed by atoms with Crippen LogP contribution in [0.1, 0.15) is 4.88 Å². The average Bonchev–Trinajstić information content (AvgIpc) is 2.75. The Labute approximate surface area is 101 Å². The standard InChI is InChI=1S/C8H9N3O2S3/c1-5-3-10-8(15-5)11-16(12,13)7-2-6(9)4-14-7/h2-4H,9H2,1H3,(H,10,11). The summed E-state index contributed by atoms with van der Waals surface area (Å²) in [7, 11) is -3.54. The summed E-state index contributed by atoms with van der Waals surface area (Å²) < 4.78 is 26.3. The molecule has 0 spiro atoms. The van der Waals surface area contributed by atoms with Gasteiger partial charge >= 0.3 is 0 Å². The number of nitrogens with zero attached hydrogens (tertiary/aromatic N) is 1. The second kappa shape index (κ2) is 4.04. The summed E-state index contributed by atoms with van der Waals surface area (Å²) in [6.07, 6.45) is 1.62. The minimum atomic E-state index is -3.54. The quantitative estimate of drug-likeness (QED) is 0.896. The van der Waals surface area contributed by atoms with Gasteiger partial charge in [0, 0.05) is 22.1 Å². The van der Waals surface area contributed by atoms with Crippen molar-refractivity contribution in [2.24, 2.45) is 0 Å². The van der Waals surface area contributed by atoms with Gasteiger partial charge < -0.3 is 5.73 Å². The summed E-state index contributed by atoms with van der Waals surface area (Å²) in [6, 6.07) is 1.42. The molecule has 86 valence electrons. The lowest BCUT2D eigenvalue weighted by Gasteiger charge is -2.01. The molecular formula is C8H9N3O2S3. The number of hydrogen-bond donors (Lipinski definition) is 2. The Morgan fingerprint density at radius 2 is 2.25 bits per heavy atom. The lowest BCUT2D eigenvalue weighted by Crippen LogP contribution is -2.11. The minimum Gasteiger partial charge on any atom is -0.398 e. The van der Waals surface area contributed by atoms with E-state index in [1.54, 1.807) is 11.6 Å². The Hall–Kier alpha value is -1.12. The number of thiophene rings is 1. The van der Waals surface area contributed by atoms with E-state index in [4.69, 9.17) is 5.73 Å². The first-order valence-corrected chi connectivity index (χ1v) is 7.44. The fourth-order valence-electron chi connectivity index (χ4n) is 1.04. The van der Waals surface area contributed by atoms with Crippen LogP contribution in [-0.4, -0.2) is 13.4 Å². The first-order valence-electron chi connectivity index (χ1n) is 4.26. The van der Waals surface area contributed by atoms with Crippen LogP contribution in [0, 0.1) is 6.92 Å². The maximum absolute atomic E-state index is 11.8. The third kappa shape index (κ3) is 2.34. The average molecular weight is 275 g/mol. The van der Waals surface area contributed by atoms with E-state index in [9.17, 15) is 8.42 Å². The van der Waals surface area contributed by atoms with Crippen LogP contribution in [0.5, 0.6) is 0 Å². The summed E-state index contributed by atoms with van der Waals surface area (Å²) >= 11 is 2.37. The molecule has 0 saturated heterocycles. The highest BCUT2D eigenvalue weighted by molar-refractivity contribution is 7.94. The van der Waals surface area contributed by atoms with Gasteiger partial charge in [-0.2, -0.15) is 0 Å². The molecule has 0 atom stereocenters. The number of nitrogens with one attached hydrogen (secondary N) is 1. The number of rotatable bonds is 3. The second-order valence-electron chi connectivity index (χ2n) is 3.08. The lowest BCUT2D eigenvalue weighted by molar-refractivity contribution is 0.603.